The van der Waals surface area contributed by atoms with Gasteiger partial charge in [0.1, 0.15) is 0 Å². The molecule has 0 spiro atoms. The third-order valence-corrected chi connectivity index (χ3v) is 3.77. The molecule has 0 radical (unpaired) electrons. The molecule has 0 bridgehead atoms. The van der Waals surface area contributed by atoms with Crippen molar-refractivity contribution >= 4 is 11.8 Å². The Morgan fingerprint density at radius 2 is 1.78 bits per heavy atom. The highest BCUT2D eigenvalue weighted by atomic mass is 16.2. The molecule has 0 aromatic rings. The Hall–Kier alpha value is -1.06. The third kappa shape index (κ3) is 4.67. The van der Waals surface area contributed by atoms with E-state index in [1.807, 2.05) is 0 Å². The maximum absolute atomic E-state index is 11.9. The molecular weight excluding hydrogens is 228 g/mol. The number of primary amides is 1. The second-order valence-corrected chi connectivity index (χ2v) is 5.48. The molecular formula is C14H26N2O2. The molecule has 2 amide bonds. The molecule has 0 aromatic carbocycles. The van der Waals surface area contributed by atoms with Gasteiger partial charge in [0.05, 0.1) is 0 Å². The number of carbonyl (C=O) groups excluding carboxylic acids is 2. The van der Waals surface area contributed by atoms with E-state index in [0.29, 0.717) is 25.2 Å². The lowest BCUT2D eigenvalue weighted by atomic mass is 9.79. The first kappa shape index (κ1) is 15.0. The largest absolute Gasteiger partial charge is 0.369 e. The molecule has 1 aliphatic rings. The molecule has 0 atom stereocenters. The molecule has 0 heterocycles. The fourth-order valence-electron chi connectivity index (χ4n) is 2.68. The van der Waals surface area contributed by atoms with Crippen molar-refractivity contribution in [1.29, 1.82) is 0 Å². The lowest BCUT2D eigenvalue weighted by molar-refractivity contribution is -0.128. The van der Waals surface area contributed by atoms with Crippen molar-refractivity contribution in [3.63, 3.8) is 0 Å². The van der Waals surface area contributed by atoms with Gasteiger partial charge in [-0.1, -0.05) is 39.5 Å². The highest BCUT2D eigenvalue weighted by molar-refractivity contribution is 5.79. The number of nitrogens with two attached hydrogens (primary N) is 1. The zero-order valence-electron chi connectivity index (χ0n) is 11.6. The summed E-state index contributed by atoms with van der Waals surface area (Å²) in [5, 5.41) is 3.00. The van der Waals surface area contributed by atoms with Crippen LogP contribution in [0.1, 0.15) is 58.8 Å². The fraction of sp³-hybridized carbons (Fsp3) is 0.857. The molecule has 4 nitrogen and oxygen atoms in total. The standard InChI is InChI=1S/C14H26N2O2/c1-3-5-10(6-4-2)7-13(17)16-12-8-11(9-12)14(15)18/h10-12H,3-9H2,1-2H3,(H2,15,18)(H,16,17). The zero-order valence-corrected chi connectivity index (χ0v) is 11.6. The maximum Gasteiger partial charge on any atom is 0.220 e. The van der Waals surface area contributed by atoms with Crippen LogP contribution in [0.5, 0.6) is 0 Å². The molecule has 1 fully saturated rings. The van der Waals surface area contributed by atoms with Crippen LogP contribution in [0.25, 0.3) is 0 Å². The van der Waals surface area contributed by atoms with Crippen molar-refractivity contribution < 1.29 is 9.59 Å². The second kappa shape index (κ2) is 7.39. The fourth-order valence-corrected chi connectivity index (χ4v) is 2.68. The van der Waals surface area contributed by atoms with Gasteiger partial charge in [0.2, 0.25) is 11.8 Å². The van der Waals surface area contributed by atoms with E-state index in [0.717, 1.165) is 25.7 Å². The van der Waals surface area contributed by atoms with Gasteiger partial charge < -0.3 is 11.1 Å². The monoisotopic (exact) mass is 254 g/mol. The first-order chi connectivity index (χ1) is 8.56. The van der Waals surface area contributed by atoms with Crippen molar-refractivity contribution in [2.75, 3.05) is 0 Å². The Morgan fingerprint density at radius 1 is 1.22 bits per heavy atom. The maximum atomic E-state index is 11.9. The first-order valence-electron chi connectivity index (χ1n) is 7.15. The van der Waals surface area contributed by atoms with Crippen molar-refractivity contribution in [1.82, 2.24) is 5.32 Å². The lowest BCUT2D eigenvalue weighted by Crippen LogP contribution is -2.48. The van der Waals surface area contributed by atoms with E-state index in [9.17, 15) is 9.59 Å². The summed E-state index contributed by atoms with van der Waals surface area (Å²) in [5.74, 6) is 0.370. The number of hydrogen-bond acceptors (Lipinski definition) is 2. The van der Waals surface area contributed by atoms with E-state index < -0.39 is 0 Å². The van der Waals surface area contributed by atoms with Crippen LogP contribution in [-0.2, 0) is 9.59 Å². The van der Waals surface area contributed by atoms with Crippen LogP contribution in [0.4, 0.5) is 0 Å². The van der Waals surface area contributed by atoms with Gasteiger partial charge in [0.25, 0.3) is 0 Å². The summed E-state index contributed by atoms with van der Waals surface area (Å²) in [4.78, 5) is 22.7. The number of amides is 2. The number of rotatable bonds is 8. The lowest BCUT2D eigenvalue weighted by Gasteiger charge is -2.34. The third-order valence-electron chi connectivity index (χ3n) is 3.77. The van der Waals surface area contributed by atoms with E-state index in [1.54, 1.807) is 0 Å². The summed E-state index contributed by atoms with van der Waals surface area (Å²) in [5.41, 5.74) is 5.20. The van der Waals surface area contributed by atoms with Crippen LogP contribution >= 0.6 is 0 Å². The Labute approximate surface area is 110 Å². The minimum Gasteiger partial charge on any atom is -0.369 e. The first-order valence-corrected chi connectivity index (χ1v) is 7.15. The van der Waals surface area contributed by atoms with Gasteiger partial charge in [-0.3, -0.25) is 9.59 Å². The normalized spacial score (nSPS) is 22.6. The van der Waals surface area contributed by atoms with Gasteiger partial charge >= 0.3 is 0 Å². The predicted molar refractivity (Wildman–Crippen MR) is 71.8 cm³/mol. The zero-order chi connectivity index (χ0) is 13.5. The summed E-state index contributed by atoms with van der Waals surface area (Å²) < 4.78 is 0. The molecule has 18 heavy (non-hydrogen) atoms. The highest BCUT2D eigenvalue weighted by Crippen LogP contribution is 2.27. The van der Waals surface area contributed by atoms with Crippen molar-refractivity contribution in [2.45, 2.75) is 64.8 Å². The van der Waals surface area contributed by atoms with Gasteiger partial charge in [-0.2, -0.15) is 0 Å². The van der Waals surface area contributed by atoms with E-state index in [1.165, 1.54) is 0 Å². The molecule has 0 unspecified atom stereocenters. The minimum absolute atomic E-state index is 0.0302. The Balaban J connectivity index is 2.22. The second-order valence-electron chi connectivity index (χ2n) is 5.48. The van der Waals surface area contributed by atoms with E-state index >= 15 is 0 Å². The van der Waals surface area contributed by atoms with Gasteiger partial charge in [-0.25, -0.2) is 0 Å². The molecule has 0 saturated heterocycles. The topological polar surface area (TPSA) is 72.2 Å². The number of hydrogen-bond donors (Lipinski definition) is 2. The molecule has 0 aromatic heterocycles. The van der Waals surface area contributed by atoms with Crippen LogP contribution in [-0.4, -0.2) is 17.9 Å². The number of carbonyl (C=O) groups is 2. The van der Waals surface area contributed by atoms with E-state index in [4.69, 9.17) is 5.73 Å². The molecule has 1 aliphatic carbocycles. The van der Waals surface area contributed by atoms with Gasteiger partial charge in [0.15, 0.2) is 0 Å². The van der Waals surface area contributed by atoms with Crippen LogP contribution in [0, 0.1) is 11.8 Å². The van der Waals surface area contributed by atoms with Gasteiger partial charge in [0, 0.05) is 18.4 Å². The van der Waals surface area contributed by atoms with Crippen molar-refractivity contribution in [2.24, 2.45) is 17.6 Å². The summed E-state index contributed by atoms with van der Waals surface area (Å²) >= 11 is 0. The molecule has 3 N–H and O–H groups in total. The van der Waals surface area contributed by atoms with Crippen LogP contribution in [0.15, 0.2) is 0 Å². The number of nitrogens with one attached hydrogen (secondary N) is 1. The van der Waals surface area contributed by atoms with E-state index in [2.05, 4.69) is 19.2 Å². The molecule has 0 aliphatic heterocycles. The van der Waals surface area contributed by atoms with Crippen LogP contribution in [0.2, 0.25) is 0 Å². The molecule has 4 heteroatoms. The smallest absolute Gasteiger partial charge is 0.220 e. The Kier molecular flexibility index (Phi) is 6.16. The Morgan fingerprint density at radius 3 is 2.22 bits per heavy atom. The molecule has 1 saturated carbocycles. The molecule has 1 rings (SSSR count). The van der Waals surface area contributed by atoms with Crippen LogP contribution < -0.4 is 11.1 Å². The van der Waals surface area contributed by atoms with E-state index in [-0.39, 0.29) is 23.8 Å². The predicted octanol–water partition coefficient (Wildman–Crippen LogP) is 1.97. The Bertz CT molecular complexity index is 280. The van der Waals surface area contributed by atoms with Crippen molar-refractivity contribution in [3.05, 3.63) is 0 Å². The quantitative estimate of drug-likeness (QED) is 0.695. The summed E-state index contributed by atoms with van der Waals surface area (Å²) in [6.07, 6.45) is 6.56. The van der Waals surface area contributed by atoms with Crippen molar-refractivity contribution in [3.8, 4) is 0 Å². The van der Waals surface area contributed by atoms with Gasteiger partial charge in [-0.15, -0.1) is 0 Å². The summed E-state index contributed by atoms with van der Waals surface area (Å²) in [6, 6.07) is 0.166. The molecule has 104 valence electrons. The summed E-state index contributed by atoms with van der Waals surface area (Å²) in [7, 11) is 0. The summed E-state index contributed by atoms with van der Waals surface area (Å²) in [6.45, 7) is 4.31. The SMILES string of the molecule is CCCC(CCC)CC(=O)NC1CC(C(N)=O)C1. The average molecular weight is 254 g/mol. The highest BCUT2D eigenvalue weighted by Gasteiger charge is 2.34. The van der Waals surface area contributed by atoms with Gasteiger partial charge in [-0.05, 0) is 18.8 Å². The van der Waals surface area contributed by atoms with Crippen LogP contribution in [0.3, 0.4) is 0 Å². The minimum atomic E-state index is -0.240. The average Bonchev–Trinajstić information content (AvgIpc) is 2.23.